The largest absolute Gasteiger partial charge is 0.493 e. The third kappa shape index (κ3) is 6.70. The SMILES string of the molecule is COc1cc2ncnc(Nc3ccc(F)c(Cl)c3)c2cc1OCCCN1CCC(C(=O)N2CCCCC2)CC1. The minimum atomic E-state index is -0.481. The number of nitrogens with one attached hydrogen (secondary N) is 1. The third-order valence-electron chi connectivity index (χ3n) is 7.58. The number of benzene rings is 2. The Morgan fingerprint density at radius 2 is 1.87 bits per heavy atom. The summed E-state index contributed by atoms with van der Waals surface area (Å²) in [4.78, 5) is 26.1. The van der Waals surface area contributed by atoms with Crippen LogP contribution in [0, 0.1) is 11.7 Å². The summed E-state index contributed by atoms with van der Waals surface area (Å²) >= 11 is 5.94. The fourth-order valence-corrected chi connectivity index (χ4v) is 5.57. The number of methoxy groups -OCH3 is 1. The van der Waals surface area contributed by atoms with Gasteiger partial charge >= 0.3 is 0 Å². The lowest BCUT2D eigenvalue weighted by Gasteiger charge is -2.35. The van der Waals surface area contributed by atoms with Crippen molar-refractivity contribution in [1.82, 2.24) is 19.8 Å². The first kappa shape index (κ1) is 27.4. The minimum absolute atomic E-state index is 0.0295. The number of amides is 1. The molecule has 0 saturated carbocycles. The van der Waals surface area contributed by atoms with E-state index in [1.807, 2.05) is 12.1 Å². The van der Waals surface area contributed by atoms with Gasteiger partial charge in [0.2, 0.25) is 5.91 Å². The van der Waals surface area contributed by atoms with Gasteiger partial charge in [0.05, 0.1) is 24.3 Å². The Bertz CT molecular complexity index is 1300. The molecule has 2 aliphatic rings. The summed E-state index contributed by atoms with van der Waals surface area (Å²) in [6, 6.07) is 8.10. The number of halogens is 2. The van der Waals surface area contributed by atoms with Crippen molar-refractivity contribution in [3.8, 4) is 11.5 Å². The van der Waals surface area contributed by atoms with Crippen LogP contribution in [0.4, 0.5) is 15.9 Å². The van der Waals surface area contributed by atoms with E-state index in [0.717, 1.165) is 70.2 Å². The van der Waals surface area contributed by atoms with Gasteiger partial charge in [-0.1, -0.05) is 11.6 Å². The van der Waals surface area contributed by atoms with Crippen LogP contribution in [0.5, 0.6) is 11.5 Å². The maximum Gasteiger partial charge on any atom is 0.225 e. The van der Waals surface area contributed by atoms with Crippen molar-refractivity contribution < 1.29 is 18.7 Å². The zero-order chi connectivity index (χ0) is 27.2. The molecule has 39 heavy (non-hydrogen) atoms. The van der Waals surface area contributed by atoms with Gasteiger partial charge in [-0.3, -0.25) is 4.79 Å². The van der Waals surface area contributed by atoms with Gasteiger partial charge in [0.1, 0.15) is 18.0 Å². The number of piperidine rings is 2. The van der Waals surface area contributed by atoms with E-state index >= 15 is 0 Å². The first-order valence-electron chi connectivity index (χ1n) is 13.7. The van der Waals surface area contributed by atoms with Crippen LogP contribution < -0.4 is 14.8 Å². The van der Waals surface area contributed by atoms with Gasteiger partial charge in [-0.2, -0.15) is 0 Å². The lowest BCUT2D eigenvalue weighted by atomic mass is 9.94. The Kier molecular flexibility index (Phi) is 8.98. The molecule has 8 nitrogen and oxygen atoms in total. The van der Waals surface area contributed by atoms with Crippen molar-refractivity contribution >= 4 is 39.9 Å². The molecule has 2 aliphatic heterocycles. The standard InChI is InChI=1S/C29H35ClFN5O3/c1-38-26-18-25-22(28(33-19-32-25)34-21-6-7-24(31)23(30)16-21)17-27(26)39-15-5-10-35-13-8-20(9-14-35)29(37)36-11-3-2-4-12-36/h6-7,16-20H,2-5,8-15H2,1H3,(H,32,33,34). The van der Waals surface area contributed by atoms with Crippen LogP contribution in [0.1, 0.15) is 38.5 Å². The predicted octanol–water partition coefficient (Wildman–Crippen LogP) is 5.67. The molecule has 0 atom stereocenters. The molecule has 0 aliphatic carbocycles. The second-order valence-electron chi connectivity index (χ2n) is 10.2. The van der Waals surface area contributed by atoms with Crippen LogP contribution in [-0.4, -0.2) is 72.1 Å². The highest BCUT2D eigenvalue weighted by atomic mass is 35.5. The van der Waals surface area contributed by atoms with Crippen LogP contribution in [0.15, 0.2) is 36.7 Å². The molecule has 5 rings (SSSR count). The molecule has 2 fully saturated rings. The maximum atomic E-state index is 13.6. The summed E-state index contributed by atoms with van der Waals surface area (Å²) in [5.41, 5.74) is 1.30. The van der Waals surface area contributed by atoms with E-state index in [1.54, 1.807) is 13.2 Å². The zero-order valence-electron chi connectivity index (χ0n) is 22.3. The number of ether oxygens (including phenoxy) is 2. The number of anilines is 2. The molecule has 0 unspecified atom stereocenters. The van der Waals surface area contributed by atoms with Crippen molar-refractivity contribution in [3.05, 3.63) is 47.5 Å². The van der Waals surface area contributed by atoms with Crippen molar-refractivity contribution in [1.29, 1.82) is 0 Å². The van der Waals surface area contributed by atoms with Crippen molar-refractivity contribution in [2.75, 3.05) is 51.8 Å². The average molecular weight is 556 g/mol. The van der Waals surface area contributed by atoms with Gasteiger partial charge in [0.25, 0.3) is 0 Å². The summed E-state index contributed by atoms with van der Waals surface area (Å²) < 4.78 is 25.3. The molecule has 208 valence electrons. The molecule has 3 heterocycles. The molecule has 3 aromatic rings. The average Bonchev–Trinajstić information content (AvgIpc) is 2.97. The number of likely N-dealkylation sites (tertiary alicyclic amines) is 2. The summed E-state index contributed by atoms with van der Waals surface area (Å²) in [6.07, 6.45) is 7.70. The number of nitrogens with zero attached hydrogens (tertiary/aromatic N) is 4. The molecule has 1 amide bonds. The molecule has 2 saturated heterocycles. The summed E-state index contributed by atoms with van der Waals surface area (Å²) in [5, 5.41) is 3.96. The van der Waals surface area contributed by atoms with E-state index in [4.69, 9.17) is 21.1 Å². The van der Waals surface area contributed by atoms with Gasteiger partial charge in [-0.05, 0) is 75.9 Å². The van der Waals surface area contributed by atoms with E-state index in [2.05, 4.69) is 25.1 Å². The van der Waals surface area contributed by atoms with Crippen molar-refractivity contribution in [3.63, 3.8) is 0 Å². The Morgan fingerprint density at radius 1 is 1.08 bits per heavy atom. The van der Waals surface area contributed by atoms with E-state index < -0.39 is 5.82 Å². The van der Waals surface area contributed by atoms with Crippen molar-refractivity contribution in [2.45, 2.75) is 38.5 Å². The molecular weight excluding hydrogens is 521 g/mol. The van der Waals surface area contributed by atoms with Crippen LogP contribution in [0.3, 0.4) is 0 Å². The highest BCUT2D eigenvalue weighted by Gasteiger charge is 2.29. The molecule has 0 bridgehead atoms. The number of carbonyl (C=O) groups is 1. The Balaban J connectivity index is 1.16. The van der Waals surface area contributed by atoms with E-state index in [-0.39, 0.29) is 10.9 Å². The van der Waals surface area contributed by atoms with E-state index in [0.29, 0.717) is 41.0 Å². The topological polar surface area (TPSA) is 79.8 Å². The van der Waals surface area contributed by atoms with Gasteiger partial charge < -0.3 is 24.6 Å². The van der Waals surface area contributed by atoms with E-state index in [1.165, 1.54) is 24.9 Å². The monoisotopic (exact) mass is 555 g/mol. The Labute approximate surface area is 233 Å². The molecular formula is C29H35ClFN5O3. The lowest BCUT2D eigenvalue weighted by Crippen LogP contribution is -2.44. The molecule has 2 aromatic carbocycles. The van der Waals surface area contributed by atoms with E-state index in [9.17, 15) is 9.18 Å². The summed E-state index contributed by atoms with van der Waals surface area (Å²) in [5.74, 6) is 1.80. The van der Waals surface area contributed by atoms with Gasteiger partial charge in [-0.15, -0.1) is 0 Å². The van der Waals surface area contributed by atoms with Crippen LogP contribution in [0.2, 0.25) is 5.02 Å². The van der Waals surface area contributed by atoms with Crippen LogP contribution in [0.25, 0.3) is 10.9 Å². The molecule has 1 N–H and O–H groups in total. The number of rotatable bonds is 9. The smallest absolute Gasteiger partial charge is 0.225 e. The molecule has 0 spiro atoms. The van der Waals surface area contributed by atoms with Crippen LogP contribution in [-0.2, 0) is 4.79 Å². The minimum Gasteiger partial charge on any atom is -0.493 e. The maximum absolute atomic E-state index is 13.6. The molecule has 1 aromatic heterocycles. The second kappa shape index (κ2) is 12.8. The number of hydrogen-bond acceptors (Lipinski definition) is 7. The highest BCUT2D eigenvalue weighted by molar-refractivity contribution is 6.31. The van der Waals surface area contributed by atoms with Crippen molar-refractivity contribution in [2.24, 2.45) is 5.92 Å². The number of fused-ring (bicyclic) bond motifs is 1. The fraction of sp³-hybridized carbons (Fsp3) is 0.483. The first-order chi connectivity index (χ1) is 19.0. The Hall–Kier alpha value is -3.17. The van der Waals surface area contributed by atoms with Gasteiger partial charge in [-0.25, -0.2) is 14.4 Å². The Morgan fingerprint density at radius 3 is 2.62 bits per heavy atom. The quantitative estimate of drug-likeness (QED) is 0.341. The normalized spacial score (nSPS) is 16.8. The summed E-state index contributed by atoms with van der Waals surface area (Å²) in [7, 11) is 1.60. The third-order valence-corrected chi connectivity index (χ3v) is 7.87. The van der Waals surface area contributed by atoms with Gasteiger partial charge in [0.15, 0.2) is 11.5 Å². The number of aromatic nitrogens is 2. The predicted molar refractivity (Wildman–Crippen MR) is 150 cm³/mol. The first-order valence-corrected chi connectivity index (χ1v) is 14.1. The second-order valence-corrected chi connectivity index (χ2v) is 10.6. The lowest BCUT2D eigenvalue weighted by molar-refractivity contribution is -0.138. The zero-order valence-corrected chi connectivity index (χ0v) is 23.1. The fourth-order valence-electron chi connectivity index (χ4n) is 5.39. The number of carbonyl (C=O) groups excluding carboxylic acids is 1. The number of hydrogen-bond donors (Lipinski definition) is 1. The summed E-state index contributed by atoms with van der Waals surface area (Å²) in [6.45, 7) is 5.20. The molecule has 0 radical (unpaired) electrons. The van der Waals surface area contributed by atoms with Gasteiger partial charge in [0, 0.05) is 42.7 Å². The van der Waals surface area contributed by atoms with Crippen LogP contribution >= 0.6 is 11.6 Å². The molecule has 10 heteroatoms. The highest BCUT2D eigenvalue weighted by Crippen LogP contribution is 2.35.